The number of anilines is 1. The van der Waals surface area contributed by atoms with Gasteiger partial charge in [0.25, 0.3) is 0 Å². The van der Waals surface area contributed by atoms with E-state index in [0.717, 1.165) is 44.2 Å². The van der Waals surface area contributed by atoms with E-state index in [-0.39, 0.29) is 0 Å². The molecule has 1 fully saturated rings. The first kappa shape index (κ1) is 18.8. The Bertz CT molecular complexity index is 845. The third-order valence-electron chi connectivity index (χ3n) is 4.01. The predicted octanol–water partition coefficient (Wildman–Crippen LogP) is 1.65. The molecule has 1 saturated heterocycles. The second kappa shape index (κ2) is 9.13. The molecule has 3 heterocycles. The topological polar surface area (TPSA) is 88.2 Å². The standard InChI is InChI=1S/C16H17N5S.CH5NOS/c1-4-17-16(18-5-1)21-8-6-20(7-9-21)11-13-2-3-15-14(10-13)19-12-22-15;1-4(2)3/h1-5,10,12H,6-9,11H2;2H2,1H3. The van der Waals surface area contributed by atoms with Crippen LogP contribution in [0.1, 0.15) is 5.56 Å². The molecule has 1 aliphatic heterocycles. The Morgan fingerprint density at radius 1 is 1.15 bits per heavy atom. The Hall–Kier alpha value is -1.94. The van der Waals surface area contributed by atoms with Gasteiger partial charge in [-0.3, -0.25) is 10.0 Å². The molecule has 1 aliphatic rings. The number of rotatable bonds is 3. The first-order valence-electron chi connectivity index (χ1n) is 8.26. The van der Waals surface area contributed by atoms with Gasteiger partial charge in [0.1, 0.15) is 0 Å². The molecule has 0 spiro atoms. The highest BCUT2D eigenvalue weighted by molar-refractivity contribution is 7.81. The maximum absolute atomic E-state index is 9.33. The molecule has 0 bridgehead atoms. The van der Waals surface area contributed by atoms with Crippen molar-refractivity contribution < 1.29 is 4.21 Å². The van der Waals surface area contributed by atoms with E-state index < -0.39 is 11.0 Å². The molecule has 3 aromatic rings. The van der Waals surface area contributed by atoms with Crippen molar-refractivity contribution in [3.8, 4) is 0 Å². The zero-order valence-electron chi connectivity index (χ0n) is 14.6. The average Bonchev–Trinajstić information content (AvgIpc) is 3.10. The molecule has 4 rings (SSSR count). The lowest BCUT2D eigenvalue weighted by molar-refractivity contribution is 0.249. The molecule has 0 radical (unpaired) electrons. The Labute approximate surface area is 159 Å². The SMILES string of the molecule is CS(N)=O.c1cnc(N2CCN(Cc3ccc4scnc4c3)CC2)nc1. The van der Waals surface area contributed by atoms with Crippen molar-refractivity contribution in [2.45, 2.75) is 6.54 Å². The number of aromatic nitrogens is 3. The van der Waals surface area contributed by atoms with Gasteiger partial charge in [0.2, 0.25) is 5.95 Å². The van der Waals surface area contributed by atoms with E-state index >= 15 is 0 Å². The lowest BCUT2D eigenvalue weighted by Gasteiger charge is -2.34. The molecule has 1 aromatic carbocycles. The molecular formula is C17H22N6OS2. The van der Waals surface area contributed by atoms with Crippen LogP contribution in [0.3, 0.4) is 0 Å². The van der Waals surface area contributed by atoms with Crippen LogP contribution in [0.4, 0.5) is 5.95 Å². The van der Waals surface area contributed by atoms with Crippen molar-refractivity contribution in [2.75, 3.05) is 37.3 Å². The summed E-state index contributed by atoms with van der Waals surface area (Å²) in [5.74, 6) is 0.839. The third kappa shape index (κ3) is 5.28. The van der Waals surface area contributed by atoms with Crippen molar-refractivity contribution in [1.29, 1.82) is 0 Å². The van der Waals surface area contributed by atoms with Gasteiger partial charge in [-0.1, -0.05) is 6.07 Å². The van der Waals surface area contributed by atoms with E-state index in [1.54, 1.807) is 23.7 Å². The highest BCUT2D eigenvalue weighted by atomic mass is 32.2. The normalized spacial score (nSPS) is 16.2. The fourth-order valence-electron chi connectivity index (χ4n) is 2.82. The zero-order chi connectivity index (χ0) is 18.4. The molecule has 0 amide bonds. The van der Waals surface area contributed by atoms with E-state index in [1.807, 2.05) is 11.6 Å². The van der Waals surface area contributed by atoms with Gasteiger partial charge in [0.15, 0.2) is 0 Å². The van der Waals surface area contributed by atoms with Crippen molar-refractivity contribution in [3.63, 3.8) is 0 Å². The number of thiazole rings is 1. The summed E-state index contributed by atoms with van der Waals surface area (Å²) in [5.41, 5.74) is 4.36. The fourth-order valence-corrected chi connectivity index (χ4v) is 3.48. The van der Waals surface area contributed by atoms with Crippen LogP contribution in [-0.4, -0.2) is 56.5 Å². The second-order valence-electron chi connectivity index (χ2n) is 5.97. The number of nitrogens with zero attached hydrogens (tertiary/aromatic N) is 5. The number of nitrogens with two attached hydrogens (primary N) is 1. The summed E-state index contributed by atoms with van der Waals surface area (Å²) in [6.45, 7) is 5.00. The average molecular weight is 391 g/mol. The van der Waals surface area contributed by atoms with Gasteiger partial charge in [0, 0.05) is 51.4 Å². The monoisotopic (exact) mass is 390 g/mol. The molecule has 26 heavy (non-hydrogen) atoms. The van der Waals surface area contributed by atoms with Crippen LogP contribution in [0.2, 0.25) is 0 Å². The highest BCUT2D eigenvalue weighted by Crippen LogP contribution is 2.20. The fraction of sp³-hybridized carbons (Fsp3) is 0.353. The van der Waals surface area contributed by atoms with Gasteiger partial charge in [0.05, 0.1) is 26.7 Å². The van der Waals surface area contributed by atoms with Crippen molar-refractivity contribution in [3.05, 3.63) is 47.7 Å². The summed E-state index contributed by atoms with van der Waals surface area (Å²) in [5, 5.41) is 4.58. The Kier molecular flexibility index (Phi) is 6.62. The van der Waals surface area contributed by atoms with Crippen LogP contribution in [-0.2, 0) is 17.5 Å². The summed E-state index contributed by atoms with van der Waals surface area (Å²) < 4.78 is 10.6. The molecule has 0 saturated carbocycles. The van der Waals surface area contributed by atoms with Gasteiger partial charge >= 0.3 is 0 Å². The Balaban J connectivity index is 0.000000447. The van der Waals surface area contributed by atoms with Crippen LogP contribution in [0.25, 0.3) is 10.2 Å². The lowest BCUT2D eigenvalue weighted by atomic mass is 10.2. The molecule has 0 aliphatic carbocycles. The minimum absolute atomic E-state index is 0.839. The quantitative estimate of drug-likeness (QED) is 0.732. The van der Waals surface area contributed by atoms with Gasteiger partial charge in [-0.15, -0.1) is 11.3 Å². The summed E-state index contributed by atoms with van der Waals surface area (Å²) in [7, 11) is -1.11. The Morgan fingerprint density at radius 3 is 2.54 bits per heavy atom. The van der Waals surface area contributed by atoms with Crippen LogP contribution >= 0.6 is 11.3 Å². The smallest absolute Gasteiger partial charge is 0.225 e. The first-order chi connectivity index (χ1) is 12.6. The van der Waals surface area contributed by atoms with E-state index in [9.17, 15) is 4.21 Å². The Morgan fingerprint density at radius 2 is 1.85 bits per heavy atom. The maximum atomic E-state index is 9.33. The summed E-state index contributed by atoms with van der Waals surface area (Å²) in [6.07, 6.45) is 5.02. The van der Waals surface area contributed by atoms with Crippen LogP contribution in [0.5, 0.6) is 0 Å². The third-order valence-corrected chi connectivity index (χ3v) is 4.82. The molecule has 1 atom stereocenters. The second-order valence-corrected chi connectivity index (χ2v) is 7.85. The van der Waals surface area contributed by atoms with Crippen molar-refractivity contribution in [1.82, 2.24) is 19.9 Å². The maximum Gasteiger partial charge on any atom is 0.225 e. The molecule has 1 unspecified atom stereocenters. The lowest BCUT2D eigenvalue weighted by Crippen LogP contribution is -2.46. The van der Waals surface area contributed by atoms with E-state index in [0.29, 0.717) is 0 Å². The minimum Gasteiger partial charge on any atom is -0.338 e. The number of hydrogen-bond acceptors (Lipinski definition) is 7. The van der Waals surface area contributed by atoms with Gasteiger partial charge in [-0.25, -0.2) is 19.2 Å². The van der Waals surface area contributed by atoms with Gasteiger partial charge < -0.3 is 4.90 Å². The number of fused-ring (bicyclic) bond motifs is 1. The zero-order valence-corrected chi connectivity index (χ0v) is 16.2. The van der Waals surface area contributed by atoms with Crippen molar-refractivity contribution in [2.24, 2.45) is 5.14 Å². The van der Waals surface area contributed by atoms with Crippen molar-refractivity contribution >= 4 is 38.5 Å². The summed E-state index contributed by atoms with van der Waals surface area (Å²) in [4.78, 5) is 17.8. The minimum atomic E-state index is -1.11. The van der Waals surface area contributed by atoms with Gasteiger partial charge in [-0.2, -0.15) is 0 Å². The molecule has 9 heteroatoms. The number of benzene rings is 1. The van der Waals surface area contributed by atoms with E-state index in [2.05, 4.69) is 48.1 Å². The molecule has 2 aromatic heterocycles. The molecule has 2 N–H and O–H groups in total. The van der Waals surface area contributed by atoms with Crippen LogP contribution in [0, 0.1) is 0 Å². The van der Waals surface area contributed by atoms with Gasteiger partial charge in [-0.05, 0) is 23.8 Å². The summed E-state index contributed by atoms with van der Waals surface area (Å²) >= 11 is 1.69. The molecule has 7 nitrogen and oxygen atoms in total. The number of hydrogen-bond donors (Lipinski definition) is 1. The number of piperazine rings is 1. The van der Waals surface area contributed by atoms with Crippen LogP contribution in [0.15, 0.2) is 42.2 Å². The largest absolute Gasteiger partial charge is 0.338 e. The first-order valence-corrected chi connectivity index (χ1v) is 10.8. The summed E-state index contributed by atoms with van der Waals surface area (Å²) in [6, 6.07) is 8.45. The predicted molar refractivity (Wildman–Crippen MR) is 107 cm³/mol. The van der Waals surface area contributed by atoms with E-state index in [4.69, 9.17) is 0 Å². The highest BCUT2D eigenvalue weighted by Gasteiger charge is 2.18. The van der Waals surface area contributed by atoms with Crippen LogP contribution < -0.4 is 10.0 Å². The molecular weight excluding hydrogens is 368 g/mol. The van der Waals surface area contributed by atoms with E-state index in [1.165, 1.54) is 16.5 Å². The molecule has 138 valence electrons.